The molecule has 0 aromatic heterocycles. The number of nitrogens with zero attached hydrogens (tertiary/aromatic N) is 1. The molecule has 1 rings (SSSR count). The summed E-state index contributed by atoms with van der Waals surface area (Å²) in [5.41, 5.74) is 7.45. The van der Waals surface area contributed by atoms with E-state index in [1.165, 1.54) is 0 Å². The number of nitrogens with two attached hydrogens (primary N) is 1. The third-order valence-corrected chi connectivity index (χ3v) is 1.71. The van der Waals surface area contributed by atoms with Crippen LogP contribution in [0.4, 0.5) is 11.4 Å². The summed E-state index contributed by atoms with van der Waals surface area (Å²) in [5, 5.41) is 8.49. The molecule has 0 aliphatic rings. The number of nitrogen functional groups attached to an aromatic ring is 1. The van der Waals surface area contributed by atoms with E-state index < -0.39 is 0 Å². The Bertz CT molecular complexity index is 303. The molecule has 0 heterocycles. The van der Waals surface area contributed by atoms with Crippen LogP contribution >= 0.6 is 16.1 Å². The van der Waals surface area contributed by atoms with Gasteiger partial charge in [-0.25, -0.2) is 0 Å². The molecule has 1 aromatic rings. The number of anilines is 2. The normalized spacial score (nSPS) is 8.73. The Hall–Kier alpha value is -1.21. The maximum Gasteiger partial charge on any atom is 0.0992 e. The zero-order chi connectivity index (χ0) is 8.27. The van der Waals surface area contributed by atoms with Crippen molar-refractivity contribution in [2.24, 2.45) is 0 Å². The summed E-state index contributed by atoms with van der Waals surface area (Å²) < 4.78 is 2.72. The maximum atomic E-state index is 8.49. The summed E-state index contributed by atoms with van der Waals surface area (Å²) in [5.74, 6) is 0. The van der Waals surface area contributed by atoms with E-state index in [1.54, 1.807) is 18.2 Å². The van der Waals surface area contributed by atoms with Crippen molar-refractivity contribution >= 4 is 27.5 Å². The minimum Gasteiger partial charge on any atom is -0.397 e. The maximum absolute atomic E-state index is 8.49. The van der Waals surface area contributed by atoms with Crippen LogP contribution in [0, 0.1) is 11.3 Å². The van der Waals surface area contributed by atoms with Crippen LogP contribution < -0.4 is 10.1 Å². The van der Waals surface area contributed by atoms with Crippen LogP contribution in [0.15, 0.2) is 18.2 Å². The van der Waals surface area contributed by atoms with E-state index in [0.29, 0.717) is 11.3 Å². The second kappa shape index (κ2) is 3.26. The highest BCUT2D eigenvalue weighted by atomic mass is 79.9. The highest BCUT2D eigenvalue weighted by molar-refractivity contribution is 9.10. The summed E-state index contributed by atoms with van der Waals surface area (Å²) >= 11 is 3.04. The minimum absolute atomic E-state index is 0.556. The van der Waals surface area contributed by atoms with E-state index >= 15 is 0 Å². The molecule has 0 saturated carbocycles. The average Bonchev–Trinajstić information content (AvgIpc) is 2.04. The number of halogens is 1. The Morgan fingerprint density at radius 1 is 1.55 bits per heavy atom. The van der Waals surface area contributed by atoms with Crippen molar-refractivity contribution in [3.8, 4) is 6.07 Å². The Labute approximate surface area is 73.2 Å². The van der Waals surface area contributed by atoms with Crippen LogP contribution in [-0.2, 0) is 0 Å². The number of hydrogen-bond acceptors (Lipinski definition) is 3. The molecule has 1 aromatic carbocycles. The van der Waals surface area contributed by atoms with Gasteiger partial charge in [0.1, 0.15) is 0 Å². The average molecular weight is 212 g/mol. The molecule has 0 atom stereocenters. The van der Waals surface area contributed by atoms with Gasteiger partial charge in [0.2, 0.25) is 0 Å². The van der Waals surface area contributed by atoms with E-state index in [2.05, 4.69) is 20.5 Å². The monoisotopic (exact) mass is 211 g/mol. The quantitative estimate of drug-likeness (QED) is 0.551. The van der Waals surface area contributed by atoms with Crippen molar-refractivity contribution in [2.75, 3.05) is 10.1 Å². The molecule has 0 aliphatic carbocycles. The van der Waals surface area contributed by atoms with E-state index in [-0.39, 0.29) is 0 Å². The minimum atomic E-state index is 0.556. The third kappa shape index (κ3) is 1.63. The highest BCUT2D eigenvalue weighted by Crippen LogP contribution is 2.20. The van der Waals surface area contributed by atoms with Crippen molar-refractivity contribution < 1.29 is 0 Å². The number of rotatable bonds is 1. The van der Waals surface area contributed by atoms with Crippen LogP contribution in [-0.4, -0.2) is 0 Å². The van der Waals surface area contributed by atoms with Crippen LogP contribution in [0.1, 0.15) is 5.56 Å². The third-order valence-electron chi connectivity index (χ3n) is 1.28. The molecule has 0 amide bonds. The molecule has 0 radical (unpaired) electrons. The first-order valence-electron chi connectivity index (χ1n) is 2.94. The molecule has 0 fully saturated rings. The number of nitrogens with one attached hydrogen (secondary N) is 1. The van der Waals surface area contributed by atoms with Crippen molar-refractivity contribution in [3.63, 3.8) is 0 Å². The molecule has 4 heteroatoms. The molecule has 0 saturated heterocycles. The topological polar surface area (TPSA) is 61.8 Å². The van der Waals surface area contributed by atoms with Crippen molar-refractivity contribution in [1.82, 2.24) is 0 Å². The van der Waals surface area contributed by atoms with E-state index in [9.17, 15) is 0 Å². The first kappa shape index (κ1) is 7.89. The summed E-state index contributed by atoms with van der Waals surface area (Å²) in [7, 11) is 0. The Balaban J connectivity index is 3.12. The second-order valence-corrected chi connectivity index (χ2v) is 2.40. The Kier molecular flexibility index (Phi) is 2.34. The first-order valence-corrected chi connectivity index (χ1v) is 3.73. The first-order chi connectivity index (χ1) is 5.27. The lowest BCUT2D eigenvalue weighted by Crippen LogP contribution is -1.91. The van der Waals surface area contributed by atoms with Gasteiger partial charge in [-0.05, 0) is 18.2 Å². The molecule has 0 bridgehead atoms. The fourth-order valence-corrected chi connectivity index (χ4v) is 1.08. The van der Waals surface area contributed by atoms with Crippen LogP contribution in [0.3, 0.4) is 0 Å². The molecule has 0 aliphatic heterocycles. The SMILES string of the molecule is N#Cc1ccc(NBr)c(N)c1. The van der Waals surface area contributed by atoms with Gasteiger partial charge in [-0.3, -0.25) is 0 Å². The number of nitriles is 1. The van der Waals surface area contributed by atoms with Gasteiger partial charge in [0.15, 0.2) is 0 Å². The highest BCUT2D eigenvalue weighted by Gasteiger charge is 1.97. The van der Waals surface area contributed by atoms with Gasteiger partial charge in [-0.1, -0.05) is 0 Å². The van der Waals surface area contributed by atoms with Gasteiger partial charge in [0.25, 0.3) is 0 Å². The fraction of sp³-hybridized carbons (Fsp3) is 0. The fourth-order valence-electron chi connectivity index (χ4n) is 0.718. The Morgan fingerprint density at radius 2 is 2.27 bits per heavy atom. The summed E-state index contributed by atoms with van der Waals surface area (Å²) in [6.07, 6.45) is 0. The predicted molar refractivity (Wildman–Crippen MR) is 48.1 cm³/mol. The smallest absolute Gasteiger partial charge is 0.0992 e. The number of hydrogen-bond donors (Lipinski definition) is 2. The lowest BCUT2D eigenvalue weighted by molar-refractivity contribution is 1.48. The van der Waals surface area contributed by atoms with E-state index in [0.717, 1.165) is 5.69 Å². The Morgan fingerprint density at radius 3 is 2.73 bits per heavy atom. The van der Waals surface area contributed by atoms with Gasteiger partial charge >= 0.3 is 0 Å². The van der Waals surface area contributed by atoms with Gasteiger partial charge in [-0.15, -0.1) is 0 Å². The second-order valence-electron chi connectivity index (χ2n) is 2.01. The predicted octanol–water partition coefficient (Wildman–Crippen LogP) is 1.86. The van der Waals surface area contributed by atoms with Crippen molar-refractivity contribution in [1.29, 1.82) is 5.26 Å². The van der Waals surface area contributed by atoms with Crippen molar-refractivity contribution in [2.45, 2.75) is 0 Å². The largest absolute Gasteiger partial charge is 0.397 e. The summed E-state index contributed by atoms with van der Waals surface area (Å²) in [4.78, 5) is 0. The van der Waals surface area contributed by atoms with Crippen LogP contribution in [0.2, 0.25) is 0 Å². The molecule has 56 valence electrons. The van der Waals surface area contributed by atoms with Crippen LogP contribution in [0.5, 0.6) is 0 Å². The molecular formula is C7H6BrN3. The molecular weight excluding hydrogens is 206 g/mol. The standard InChI is InChI=1S/C7H6BrN3/c8-11-7-2-1-5(4-9)3-6(7)10/h1-3,11H,10H2. The van der Waals surface area contributed by atoms with E-state index in [4.69, 9.17) is 11.0 Å². The molecule has 3 N–H and O–H groups in total. The van der Waals surface area contributed by atoms with Crippen molar-refractivity contribution in [3.05, 3.63) is 23.8 Å². The van der Waals surface area contributed by atoms with Gasteiger partial charge < -0.3 is 10.1 Å². The summed E-state index contributed by atoms with van der Waals surface area (Å²) in [6.45, 7) is 0. The molecule has 0 spiro atoms. The molecule has 3 nitrogen and oxygen atoms in total. The van der Waals surface area contributed by atoms with E-state index in [1.807, 2.05) is 6.07 Å². The lowest BCUT2D eigenvalue weighted by atomic mass is 10.2. The van der Waals surface area contributed by atoms with Crippen LogP contribution in [0.25, 0.3) is 0 Å². The zero-order valence-corrected chi connectivity index (χ0v) is 7.22. The number of benzene rings is 1. The summed E-state index contributed by atoms with van der Waals surface area (Å²) in [6, 6.07) is 7.04. The van der Waals surface area contributed by atoms with Gasteiger partial charge in [0, 0.05) is 16.1 Å². The molecule has 0 unspecified atom stereocenters. The lowest BCUT2D eigenvalue weighted by Gasteiger charge is -2.01. The van der Waals surface area contributed by atoms with Gasteiger partial charge in [0.05, 0.1) is 23.0 Å². The van der Waals surface area contributed by atoms with Gasteiger partial charge in [-0.2, -0.15) is 5.26 Å². The zero-order valence-electron chi connectivity index (χ0n) is 5.63. The molecule has 11 heavy (non-hydrogen) atoms.